The molecule has 0 bridgehead atoms. The minimum Gasteiger partial charge on any atom is -0.491 e. The van der Waals surface area contributed by atoms with Gasteiger partial charge < -0.3 is 4.74 Å². The van der Waals surface area contributed by atoms with Crippen LogP contribution in [0.1, 0.15) is 63.9 Å². The molecule has 3 aromatic rings. The minimum atomic E-state index is -0.332. The molecule has 1 fully saturated rings. The molecule has 1 aliphatic rings. The summed E-state index contributed by atoms with van der Waals surface area (Å²) < 4.78 is 35.6. The van der Waals surface area contributed by atoms with Crippen LogP contribution in [0.3, 0.4) is 0 Å². The second-order valence-corrected chi connectivity index (χ2v) is 9.13. The van der Waals surface area contributed by atoms with Gasteiger partial charge in [-0.25, -0.2) is 8.78 Å². The van der Waals surface area contributed by atoms with E-state index in [1.54, 1.807) is 12.1 Å². The van der Waals surface area contributed by atoms with Gasteiger partial charge in [0.1, 0.15) is 5.82 Å². The Morgan fingerprint density at radius 1 is 1.00 bits per heavy atom. The first-order valence-electron chi connectivity index (χ1n) is 10.7. The fourth-order valence-electron chi connectivity index (χ4n) is 4.64. The first-order chi connectivity index (χ1) is 14.1. The van der Waals surface area contributed by atoms with Crippen molar-refractivity contribution in [2.75, 3.05) is 6.61 Å². The molecule has 2 aromatic carbocycles. The van der Waals surface area contributed by atoms with Gasteiger partial charge in [0, 0.05) is 4.88 Å². The van der Waals surface area contributed by atoms with Gasteiger partial charge in [-0.1, -0.05) is 31.9 Å². The van der Waals surface area contributed by atoms with Crippen LogP contribution in [0.25, 0.3) is 20.5 Å². The fourth-order valence-corrected chi connectivity index (χ4v) is 5.73. The van der Waals surface area contributed by atoms with Crippen molar-refractivity contribution in [3.8, 4) is 16.2 Å². The summed E-state index contributed by atoms with van der Waals surface area (Å²) in [4.78, 5) is 0.879. The number of ether oxygens (including phenoxy) is 1. The molecule has 1 nitrogen and oxygen atoms in total. The van der Waals surface area contributed by atoms with Crippen molar-refractivity contribution in [2.24, 2.45) is 5.92 Å². The summed E-state index contributed by atoms with van der Waals surface area (Å²) in [6.07, 6.45) is 7.10. The molecule has 0 N–H and O–H groups in total. The van der Waals surface area contributed by atoms with Gasteiger partial charge in [-0.2, -0.15) is 0 Å². The normalized spacial score (nSPS) is 19.6. The van der Waals surface area contributed by atoms with Crippen LogP contribution in [0, 0.1) is 17.6 Å². The number of hydrogen-bond acceptors (Lipinski definition) is 2. The van der Waals surface area contributed by atoms with Crippen molar-refractivity contribution in [3.63, 3.8) is 0 Å². The predicted octanol–water partition coefficient (Wildman–Crippen LogP) is 8.32. The average molecular weight is 415 g/mol. The average Bonchev–Trinajstić information content (AvgIpc) is 3.16. The lowest BCUT2D eigenvalue weighted by Crippen LogP contribution is -2.14. The molecule has 0 saturated heterocycles. The Bertz CT molecular complexity index is 986. The van der Waals surface area contributed by atoms with Crippen molar-refractivity contribution in [2.45, 2.75) is 58.3 Å². The first kappa shape index (κ1) is 20.3. The zero-order chi connectivity index (χ0) is 20.4. The van der Waals surface area contributed by atoms with Crippen LogP contribution < -0.4 is 4.74 Å². The maximum atomic E-state index is 15.0. The highest BCUT2D eigenvalue weighted by atomic mass is 32.1. The third kappa shape index (κ3) is 4.18. The molecule has 1 saturated carbocycles. The van der Waals surface area contributed by atoms with Crippen LogP contribution in [0.4, 0.5) is 8.78 Å². The molecule has 4 rings (SSSR count). The highest BCUT2D eigenvalue weighted by Gasteiger charge is 2.24. The van der Waals surface area contributed by atoms with Gasteiger partial charge >= 0.3 is 0 Å². The Labute approximate surface area is 175 Å². The van der Waals surface area contributed by atoms with Crippen molar-refractivity contribution in [3.05, 3.63) is 53.6 Å². The van der Waals surface area contributed by atoms with Crippen molar-refractivity contribution in [1.82, 2.24) is 0 Å². The van der Waals surface area contributed by atoms with E-state index >= 15 is 0 Å². The zero-order valence-corrected chi connectivity index (χ0v) is 18.0. The van der Waals surface area contributed by atoms with Crippen molar-refractivity contribution >= 4 is 21.4 Å². The maximum absolute atomic E-state index is 15.0. The lowest BCUT2D eigenvalue weighted by atomic mass is 9.77. The quantitative estimate of drug-likeness (QED) is 0.394. The molecule has 1 heterocycles. The van der Waals surface area contributed by atoms with Crippen molar-refractivity contribution < 1.29 is 13.5 Å². The second kappa shape index (κ2) is 8.83. The molecule has 0 atom stereocenters. The third-order valence-electron chi connectivity index (χ3n) is 6.16. The predicted molar refractivity (Wildman–Crippen MR) is 118 cm³/mol. The minimum absolute atomic E-state index is 0.130. The van der Waals surface area contributed by atoms with Crippen LogP contribution in [-0.2, 0) is 0 Å². The Morgan fingerprint density at radius 2 is 1.79 bits per heavy atom. The van der Waals surface area contributed by atoms with E-state index in [0.717, 1.165) is 40.1 Å². The summed E-state index contributed by atoms with van der Waals surface area (Å²) in [5.74, 6) is 0.948. The van der Waals surface area contributed by atoms with Gasteiger partial charge in [-0.15, -0.1) is 11.3 Å². The smallest absolute Gasteiger partial charge is 0.182 e. The Morgan fingerprint density at radius 3 is 2.48 bits per heavy atom. The van der Waals surface area contributed by atoms with Crippen LogP contribution >= 0.6 is 11.3 Å². The number of thiophene rings is 1. The SMILES string of the molecule is CCCC1CCC(c2ccc(-c3cc4ccc(OCC)c(F)c4s3)cc2F)CC1. The number of fused-ring (bicyclic) bond motifs is 1. The summed E-state index contributed by atoms with van der Waals surface area (Å²) in [6, 6.07) is 11.0. The molecule has 0 amide bonds. The summed E-state index contributed by atoms with van der Waals surface area (Å²) >= 11 is 1.35. The van der Waals surface area contributed by atoms with E-state index in [2.05, 4.69) is 6.92 Å². The Balaban J connectivity index is 1.57. The number of rotatable bonds is 6. The summed E-state index contributed by atoms with van der Waals surface area (Å²) in [7, 11) is 0. The van der Waals surface area contributed by atoms with E-state index in [0.29, 0.717) is 17.2 Å². The molecule has 154 valence electrons. The van der Waals surface area contributed by atoms with Gasteiger partial charge in [-0.3, -0.25) is 0 Å². The lowest BCUT2D eigenvalue weighted by molar-refractivity contribution is 0.304. The monoisotopic (exact) mass is 414 g/mol. The van der Waals surface area contributed by atoms with Gasteiger partial charge in [0.15, 0.2) is 11.6 Å². The molecule has 0 radical (unpaired) electrons. The van der Waals surface area contributed by atoms with Gasteiger partial charge in [0.05, 0.1) is 11.3 Å². The van der Waals surface area contributed by atoms with E-state index in [9.17, 15) is 8.78 Å². The Kier molecular flexibility index (Phi) is 6.19. The molecular weight excluding hydrogens is 386 g/mol. The molecule has 29 heavy (non-hydrogen) atoms. The molecule has 1 aromatic heterocycles. The van der Waals surface area contributed by atoms with Gasteiger partial charge in [0.25, 0.3) is 0 Å². The maximum Gasteiger partial charge on any atom is 0.182 e. The van der Waals surface area contributed by atoms with Crippen molar-refractivity contribution in [1.29, 1.82) is 0 Å². The standard InChI is InChI=1S/C25H28F2OS/c1-3-5-16-6-8-17(9-7-16)20-12-10-18(14-21(20)26)23-15-19-11-13-22(28-4-2)24(27)25(19)29-23/h10-17H,3-9H2,1-2H3. The van der Waals surface area contributed by atoms with Crippen LogP contribution in [0.15, 0.2) is 36.4 Å². The van der Waals surface area contributed by atoms with E-state index in [4.69, 9.17) is 4.74 Å². The highest BCUT2D eigenvalue weighted by Crippen LogP contribution is 2.41. The second-order valence-electron chi connectivity index (χ2n) is 8.08. The molecule has 0 spiro atoms. The van der Waals surface area contributed by atoms with Crippen LogP contribution in [0.2, 0.25) is 0 Å². The number of benzene rings is 2. The topological polar surface area (TPSA) is 9.23 Å². The van der Waals surface area contributed by atoms with Gasteiger partial charge in [0.2, 0.25) is 0 Å². The van der Waals surface area contributed by atoms with E-state index in [1.807, 2.05) is 31.2 Å². The van der Waals surface area contributed by atoms with Crippen LogP contribution in [0.5, 0.6) is 5.75 Å². The Hall–Kier alpha value is -1.94. The van der Waals surface area contributed by atoms with E-state index < -0.39 is 0 Å². The lowest BCUT2D eigenvalue weighted by Gasteiger charge is -2.29. The van der Waals surface area contributed by atoms with Gasteiger partial charge in [-0.05, 0) is 85.2 Å². The highest BCUT2D eigenvalue weighted by molar-refractivity contribution is 7.22. The largest absolute Gasteiger partial charge is 0.491 e. The summed E-state index contributed by atoms with van der Waals surface area (Å²) in [5.41, 5.74) is 1.65. The number of halogens is 2. The molecular formula is C25H28F2OS. The first-order valence-corrected chi connectivity index (χ1v) is 11.6. The van der Waals surface area contributed by atoms with E-state index in [1.165, 1.54) is 37.0 Å². The fraction of sp³-hybridized carbons (Fsp3) is 0.440. The zero-order valence-electron chi connectivity index (χ0n) is 17.1. The molecule has 1 aliphatic carbocycles. The summed E-state index contributed by atoms with van der Waals surface area (Å²) in [6.45, 7) is 4.50. The molecule has 0 aliphatic heterocycles. The molecule has 0 unspecified atom stereocenters. The summed E-state index contributed by atoms with van der Waals surface area (Å²) in [5, 5.41) is 0.824. The van der Waals surface area contributed by atoms with E-state index in [-0.39, 0.29) is 17.4 Å². The number of hydrogen-bond donors (Lipinski definition) is 0. The van der Waals surface area contributed by atoms with Crippen LogP contribution in [-0.4, -0.2) is 6.61 Å². The third-order valence-corrected chi connectivity index (χ3v) is 7.35. The molecule has 4 heteroatoms.